The first-order chi connectivity index (χ1) is 11.6. The van der Waals surface area contributed by atoms with E-state index in [9.17, 15) is 9.18 Å². The van der Waals surface area contributed by atoms with Crippen molar-refractivity contribution in [1.82, 2.24) is 19.9 Å². The summed E-state index contributed by atoms with van der Waals surface area (Å²) >= 11 is 0. The molecular weight excluding hydrogens is 307 g/mol. The van der Waals surface area contributed by atoms with E-state index in [2.05, 4.69) is 15.0 Å². The monoisotopic (exact) mass is 324 g/mol. The van der Waals surface area contributed by atoms with Crippen LogP contribution in [0.5, 0.6) is 0 Å². The highest BCUT2D eigenvalue weighted by molar-refractivity contribution is 5.98. The molecule has 0 saturated carbocycles. The Morgan fingerprint density at radius 3 is 3.04 bits per heavy atom. The van der Waals surface area contributed by atoms with E-state index in [0.717, 1.165) is 23.5 Å². The topological polar surface area (TPSA) is 61.9 Å². The molecular formula is C18H17FN4O. The predicted octanol–water partition coefficient (Wildman–Crippen LogP) is 3.04. The highest BCUT2D eigenvalue weighted by atomic mass is 19.1. The molecule has 0 spiro atoms. The molecule has 4 rings (SSSR count). The number of fused-ring (bicyclic) bond motifs is 1. The Hall–Kier alpha value is -2.76. The van der Waals surface area contributed by atoms with Gasteiger partial charge < -0.3 is 9.88 Å². The molecule has 1 saturated heterocycles. The SMILES string of the molecule is Cc1ccnc([C@@H]2CCN(C(=O)c3cc4cc(F)ccc4[nH]3)C2)n1. The fraction of sp³-hybridized carbons (Fsp3) is 0.278. The number of nitrogens with zero attached hydrogens (tertiary/aromatic N) is 3. The first-order valence-corrected chi connectivity index (χ1v) is 7.97. The second-order valence-corrected chi connectivity index (χ2v) is 6.21. The molecule has 0 aliphatic carbocycles. The van der Waals surface area contributed by atoms with E-state index < -0.39 is 0 Å². The summed E-state index contributed by atoms with van der Waals surface area (Å²) in [5, 5.41) is 0.705. The van der Waals surface area contributed by atoms with E-state index in [1.165, 1.54) is 12.1 Å². The van der Waals surface area contributed by atoms with Gasteiger partial charge in [0.15, 0.2) is 0 Å². The molecule has 1 amide bonds. The number of carbonyl (C=O) groups excluding carboxylic acids is 1. The summed E-state index contributed by atoms with van der Waals surface area (Å²) in [5.41, 5.74) is 2.18. The molecule has 5 nitrogen and oxygen atoms in total. The summed E-state index contributed by atoms with van der Waals surface area (Å²) in [7, 11) is 0. The molecule has 1 aliphatic rings. The number of H-pyrrole nitrogens is 1. The van der Waals surface area contributed by atoms with Gasteiger partial charge in [0.05, 0.1) is 0 Å². The van der Waals surface area contributed by atoms with Crippen LogP contribution in [-0.2, 0) is 0 Å². The number of aromatic nitrogens is 3. The third-order valence-corrected chi connectivity index (χ3v) is 4.47. The molecule has 24 heavy (non-hydrogen) atoms. The summed E-state index contributed by atoms with van der Waals surface area (Å²) in [6.45, 7) is 3.21. The summed E-state index contributed by atoms with van der Waals surface area (Å²) in [5.74, 6) is 0.583. The minimum absolute atomic E-state index is 0.0678. The van der Waals surface area contributed by atoms with Crippen molar-refractivity contribution in [2.45, 2.75) is 19.3 Å². The number of rotatable bonds is 2. The van der Waals surface area contributed by atoms with Crippen molar-refractivity contribution in [3.8, 4) is 0 Å². The van der Waals surface area contributed by atoms with Crippen LogP contribution in [0.25, 0.3) is 10.9 Å². The Morgan fingerprint density at radius 2 is 2.21 bits per heavy atom. The van der Waals surface area contributed by atoms with Crippen LogP contribution < -0.4 is 0 Å². The van der Waals surface area contributed by atoms with Crippen LogP contribution in [-0.4, -0.2) is 38.8 Å². The van der Waals surface area contributed by atoms with Crippen molar-refractivity contribution in [2.75, 3.05) is 13.1 Å². The maximum Gasteiger partial charge on any atom is 0.270 e. The van der Waals surface area contributed by atoms with Gasteiger partial charge in [-0.2, -0.15) is 0 Å². The third-order valence-electron chi connectivity index (χ3n) is 4.47. The fourth-order valence-corrected chi connectivity index (χ4v) is 3.21. The van der Waals surface area contributed by atoms with Crippen molar-refractivity contribution in [3.63, 3.8) is 0 Å². The highest BCUT2D eigenvalue weighted by Crippen LogP contribution is 2.26. The summed E-state index contributed by atoms with van der Waals surface area (Å²) in [4.78, 5) is 26.4. The minimum atomic E-state index is -0.307. The second-order valence-electron chi connectivity index (χ2n) is 6.21. The number of hydrogen-bond donors (Lipinski definition) is 1. The molecule has 0 bridgehead atoms. The Bertz CT molecular complexity index is 920. The van der Waals surface area contributed by atoms with Crippen molar-refractivity contribution < 1.29 is 9.18 Å². The molecule has 0 radical (unpaired) electrons. The number of nitrogens with one attached hydrogen (secondary N) is 1. The predicted molar refractivity (Wildman–Crippen MR) is 88.3 cm³/mol. The van der Waals surface area contributed by atoms with Crippen LogP contribution in [0.1, 0.15) is 34.3 Å². The summed E-state index contributed by atoms with van der Waals surface area (Å²) < 4.78 is 13.3. The van der Waals surface area contributed by atoms with Crippen LogP contribution in [0.15, 0.2) is 36.5 Å². The van der Waals surface area contributed by atoms with Gasteiger partial charge in [-0.15, -0.1) is 0 Å². The maximum atomic E-state index is 13.3. The molecule has 1 fully saturated rings. The number of aromatic amines is 1. The van der Waals surface area contributed by atoms with Crippen LogP contribution >= 0.6 is 0 Å². The molecule has 1 N–H and O–H groups in total. The number of carbonyl (C=O) groups is 1. The van der Waals surface area contributed by atoms with E-state index in [-0.39, 0.29) is 17.6 Å². The van der Waals surface area contributed by atoms with E-state index >= 15 is 0 Å². The van der Waals surface area contributed by atoms with E-state index in [0.29, 0.717) is 24.2 Å². The van der Waals surface area contributed by atoms with E-state index in [1.807, 2.05) is 13.0 Å². The van der Waals surface area contributed by atoms with E-state index in [1.54, 1.807) is 23.2 Å². The van der Waals surface area contributed by atoms with Crippen LogP contribution in [0.3, 0.4) is 0 Å². The van der Waals surface area contributed by atoms with Crippen LogP contribution in [0.4, 0.5) is 4.39 Å². The van der Waals surface area contributed by atoms with Gasteiger partial charge in [-0.25, -0.2) is 14.4 Å². The number of amides is 1. The lowest BCUT2D eigenvalue weighted by atomic mass is 10.1. The molecule has 1 atom stereocenters. The van der Waals surface area contributed by atoms with Gasteiger partial charge in [-0.1, -0.05) is 0 Å². The van der Waals surface area contributed by atoms with Crippen molar-refractivity contribution in [3.05, 3.63) is 59.6 Å². The number of aryl methyl sites for hydroxylation is 1. The zero-order valence-electron chi connectivity index (χ0n) is 13.3. The Kier molecular flexibility index (Phi) is 3.52. The number of hydrogen-bond acceptors (Lipinski definition) is 3. The smallest absolute Gasteiger partial charge is 0.270 e. The lowest BCUT2D eigenvalue weighted by molar-refractivity contribution is 0.0785. The second kappa shape index (κ2) is 5.70. The number of likely N-dealkylation sites (tertiary alicyclic amines) is 1. The highest BCUT2D eigenvalue weighted by Gasteiger charge is 2.30. The minimum Gasteiger partial charge on any atom is -0.351 e. The lowest BCUT2D eigenvalue weighted by Crippen LogP contribution is -2.28. The van der Waals surface area contributed by atoms with Gasteiger partial charge in [0.25, 0.3) is 5.91 Å². The number of halogens is 1. The molecule has 3 aromatic rings. The van der Waals surface area contributed by atoms with Gasteiger partial charge in [-0.05, 0) is 43.7 Å². The molecule has 1 aliphatic heterocycles. The van der Waals surface area contributed by atoms with Crippen molar-refractivity contribution in [2.24, 2.45) is 0 Å². The normalized spacial score (nSPS) is 17.6. The summed E-state index contributed by atoms with van der Waals surface area (Å²) in [6.07, 6.45) is 2.61. The average molecular weight is 324 g/mol. The Labute approximate surface area is 138 Å². The molecule has 0 unspecified atom stereocenters. The van der Waals surface area contributed by atoms with Crippen LogP contribution in [0, 0.1) is 12.7 Å². The zero-order valence-corrected chi connectivity index (χ0v) is 13.3. The Morgan fingerprint density at radius 1 is 1.33 bits per heavy atom. The molecule has 6 heteroatoms. The third kappa shape index (κ3) is 2.64. The van der Waals surface area contributed by atoms with E-state index in [4.69, 9.17) is 0 Å². The first kappa shape index (κ1) is 14.8. The molecule has 2 aromatic heterocycles. The largest absolute Gasteiger partial charge is 0.351 e. The average Bonchev–Trinajstić information content (AvgIpc) is 3.21. The van der Waals surface area contributed by atoms with Crippen molar-refractivity contribution in [1.29, 1.82) is 0 Å². The standard InChI is InChI=1S/C18H17FN4O/c1-11-4-6-20-17(21-11)12-5-7-23(10-12)18(24)16-9-13-8-14(19)2-3-15(13)22-16/h2-4,6,8-9,12,22H,5,7,10H2,1H3/t12-/m1/s1. The molecule has 3 heterocycles. The quantitative estimate of drug-likeness (QED) is 0.788. The summed E-state index contributed by atoms with van der Waals surface area (Å²) in [6, 6.07) is 8.03. The van der Waals surface area contributed by atoms with Gasteiger partial charge in [0, 0.05) is 41.8 Å². The van der Waals surface area contributed by atoms with Gasteiger partial charge in [0.1, 0.15) is 17.3 Å². The first-order valence-electron chi connectivity index (χ1n) is 7.97. The number of benzene rings is 1. The van der Waals surface area contributed by atoms with Gasteiger partial charge in [-0.3, -0.25) is 4.79 Å². The van der Waals surface area contributed by atoms with Crippen LogP contribution in [0.2, 0.25) is 0 Å². The fourth-order valence-electron chi connectivity index (χ4n) is 3.21. The van der Waals surface area contributed by atoms with Gasteiger partial charge >= 0.3 is 0 Å². The van der Waals surface area contributed by atoms with Gasteiger partial charge in [0.2, 0.25) is 0 Å². The molecule has 122 valence electrons. The zero-order chi connectivity index (χ0) is 16.7. The lowest BCUT2D eigenvalue weighted by Gasteiger charge is -2.15. The maximum absolute atomic E-state index is 13.3. The Balaban J connectivity index is 1.54. The molecule has 1 aromatic carbocycles. The van der Waals surface area contributed by atoms with Crippen molar-refractivity contribution >= 4 is 16.8 Å².